The Kier molecular flexibility index (Phi) is 5.11. The van der Waals surface area contributed by atoms with Crippen LogP contribution in [0, 0.1) is 0 Å². The van der Waals surface area contributed by atoms with E-state index in [4.69, 9.17) is 0 Å². The maximum absolute atomic E-state index is 11.7. The van der Waals surface area contributed by atoms with Gasteiger partial charge >= 0.3 is 12.1 Å². The zero-order valence-electron chi connectivity index (χ0n) is 7.04. The van der Waals surface area contributed by atoms with Crippen LogP contribution in [0.25, 0.3) is 0 Å². The van der Waals surface area contributed by atoms with Gasteiger partial charge in [0.15, 0.2) is 0 Å². The van der Waals surface area contributed by atoms with E-state index in [1.165, 1.54) is 24.3 Å². The molecule has 72 valence electrons. The van der Waals surface area contributed by atoms with Gasteiger partial charge in [-0.3, -0.25) is 0 Å². The summed E-state index contributed by atoms with van der Waals surface area (Å²) < 4.78 is 39.0. The molecular formula is C8H5F3HgO2. The van der Waals surface area contributed by atoms with E-state index in [2.05, 4.69) is 4.74 Å². The Bertz CT molecular complexity index is 297. The van der Waals surface area contributed by atoms with E-state index in [1.54, 1.807) is 6.07 Å². The number of halogens is 3. The van der Waals surface area contributed by atoms with Gasteiger partial charge < -0.3 is 4.74 Å². The van der Waals surface area contributed by atoms with Gasteiger partial charge in [-0.05, 0) is 12.1 Å². The summed E-state index contributed by atoms with van der Waals surface area (Å²) in [6.07, 6.45) is -4.95. The first-order valence-electron chi connectivity index (χ1n) is 3.34. The Labute approximate surface area is 98.6 Å². The van der Waals surface area contributed by atoms with Crippen molar-refractivity contribution in [3.05, 3.63) is 30.3 Å². The molecule has 0 heterocycles. The molecule has 1 aromatic rings. The van der Waals surface area contributed by atoms with Crippen molar-refractivity contribution in [3.8, 4) is 5.75 Å². The van der Waals surface area contributed by atoms with Crippen LogP contribution in [0.15, 0.2) is 30.3 Å². The minimum atomic E-state index is -4.95. The van der Waals surface area contributed by atoms with Crippen LogP contribution in [0.2, 0.25) is 0 Å². The van der Waals surface area contributed by atoms with Gasteiger partial charge in [-0.1, -0.05) is 18.2 Å². The molecule has 6 heteroatoms. The molecule has 0 radical (unpaired) electrons. The molecule has 0 aliphatic rings. The van der Waals surface area contributed by atoms with Crippen LogP contribution in [-0.2, 0) is 32.5 Å². The number of rotatable bonds is 1. The Morgan fingerprint density at radius 1 is 1.14 bits per heavy atom. The second-order valence-electron chi connectivity index (χ2n) is 2.20. The molecule has 0 bridgehead atoms. The number of esters is 1. The van der Waals surface area contributed by atoms with Gasteiger partial charge in [0.1, 0.15) is 5.75 Å². The zero-order chi connectivity index (χ0) is 9.90. The molecule has 0 saturated heterocycles. The average molecular weight is 391 g/mol. The molecule has 0 unspecified atom stereocenters. The number of carbonyl (C=O) groups is 1. The number of para-hydroxylation sites is 1. The van der Waals surface area contributed by atoms with E-state index in [9.17, 15) is 18.0 Å². The predicted octanol–water partition coefficient (Wildman–Crippen LogP) is 2.15. The summed E-state index contributed by atoms with van der Waals surface area (Å²) >= 11 is 0. The summed E-state index contributed by atoms with van der Waals surface area (Å²) in [5.74, 6) is -2.33. The zero-order valence-corrected chi connectivity index (χ0v) is 12.5. The molecule has 0 fully saturated rings. The average Bonchev–Trinajstić information content (AvgIpc) is 2.04. The van der Waals surface area contributed by atoms with Gasteiger partial charge in [-0.25, -0.2) is 4.79 Å². The second kappa shape index (κ2) is 5.33. The Morgan fingerprint density at radius 3 is 2.07 bits per heavy atom. The summed E-state index contributed by atoms with van der Waals surface area (Å²) in [5, 5.41) is 0. The standard InChI is InChI=1S/C8H5F3O2.Hg/c9-8(10,11)7(12)13-6-4-2-1-3-5-6;/h1-5H;. The monoisotopic (exact) mass is 392 g/mol. The van der Waals surface area contributed by atoms with Gasteiger partial charge in [-0.2, -0.15) is 13.2 Å². The van der Waals surface area contributed by atoms with Crippen molar-refractivity contribution in [3.63, 3.8) is 0 Å². The third-order valence-corrected chi connectivity index (χ3v) is 1.19. The summed E-state index contributed by atoms with van der Waals surface area (Å²) in [6.45, 7) is 0. The van der Waals surface area contributed by atoms with E-state index >= 15 is 0 Å². The van der Waals surface area contributed by atoms with Crippen molar-refractivity contribution < 1.29 is 50.4 Å². The van der Waals surface area contributed by atoms with Crippen molar-refractivity contribution in [2.24, 2.45) is 0 Å². The number of hydrogen-bond donors (Lipinski definition) is 0. The molecule has 1 aromatic carbocycles. The molecular weight excluding hydrogens is 386 g/mol. The minimum Gasteiger partial charge on any atom is -0.420 e. The van der Waals surface area contributed by atoms with Crippen molar-refractivity contribution in [1.82, 2.24) is 0 Å². The normalized spacial score (nSPS) is 10.2. The van der Waals surface area contributed by atoms with Crippen LogP contribution in [0.1, 0.15) is 0 Å². The number of alkyl halides is 3. The molecule has 0 atom stereocenters. The summed E-state index contributed by atoms with van der Waals surface area (Å²) in [5.41, 5.74) is 0. The van der Waals surface area contributed by atoms with Gasteiger partial charge in [0, 0.05) is 27.7 Å². The first-order chi connectivity index (χ1) is 6.00. The fraction of sp³-hybridized carbons (Fsp3) is 0.125. The number of hydrogen-bond acceptors (Lipinski definition) is 2. The number of benzene rings is 1. The molecule has 0 saturated carbocycles. The molecule has 14 heavy (non-hydrogen) atoms. The van der Waals surface area contributed by atoms with E-state index in [1.807, 2.05) is 0 Å². The molecule has 1 rings (SSSR count). The second-order valence-corrected chi connectivity index (χ2v) is 2.20. The van der Waals surface area contributed by atoms with Crippen molar-refractivity contribution >= 4 is 5.97 Å². The summed E-state index contributed by atoms with van der Waals surface area (Å²) in [7, 11) is 0. The molecule has 0 aliphatic carbocycles. The third kappa shape index (κ3) is 4.08. The number of ether oxygens (including phenoxy) is 1. The van der Waals surface area contributed by atoms with E-state index < -0.39 is 12.1 Å². The van der Waals surface area contributed by atoms with Gasteiger partial charge in [0.2, 0.25) is 0 Å². The van der Waals surface area contributed by atoms with E-state index in [-0.39, 0.29) is 33.4 Å². The van der Waals surface area contributed by atoms with Gasteiger partial charge in [-0.15, -0.1) is 0 Å². The Hall–Kier alpha value is -0.585. The van der Waals surface area contributed by atoms with Gasteiger partial charge in [0.25, 0.3) is 0 Å². The van der Waals surface area contributed by atoms with Crippen LogP contribution in [0.5, 0.6) is 5.75 Å². The predicted molar refractivity (Wildman–Crippen MR) is 38.1 cm³/mol. The topological polar surface area (TPSA) is 26.3 Å². The first-order valence-corrected chi connectivity index (χ1v) is 3.34. The SMILES string of the molecule is O=C(Oc1ccccc1)C(F)(F)F.[Hg]. The fourth-order valence-corrected chi connectivity index (χ4v) is 0.653. The summed E-state index contributed by atoms with van der Waals surface area (Å²) in [6, 6.07) is 7.08. The first kappa shape index (κ1) is 13.4. The van der Waals surface area contributed by atoms with E-state index in [0.29, 0.717) is 0 Å². The van der Waals surface area contributed by atoms with Crippen molar-refractivity contribution in [1.29, 1.82) is 0 Å². The van der Waals surface area contributed by atoms with Crippen molar-refractivity contribution in [2.45, 2.75) is 6.18 Å². The Morgan fingerprint density at radius 2 is 1.64 bits per heavy atom. The van der Waals surface area contributed by atoms with E-state index in [0.717, 1.165) is 0 Å². The van der Waals surface area contributed by atoms with Crippen LogP contribution in [-0.4, -0.2) is 12.1 Å². The molecule has 0 aliphatic heterocycles. The minimum absolute atomic E-state index is 0. The van der Waals surface area contributed by atoms with Gasteiger partial charge in [0.05, 0.1) is 0 Å². The maximum Gasteiger partial charge on any atom is 0.491 e. The molecule has 0 spiro atoms. The number of carbonyl (C=O) groups excluding carboxylic acids is 1. The van der Waals surface area contributed by atoms with Crippen LogP contribution in [0.3, 0.4) is 0 Å². The molecule has 0 aromatic heterocycles. The Balaban J connectivity index is 0.00000169. The summed E-state index contributed by atoms with van der Waals surface area (Å²) in [4.78, 5) is 10.3. The third-order valence-electron chi connectivity index (χ3n) is 1.19. The van der Waals surface area contributed by atoms with Crippen LogP contribution >= 0.6 is 0 Å². The molecule has 2 nitrogen and oxygen atoms in total. The van der Waals surface area contributed by atoms with Crippen LogP contribution < -0.4 is 4.74 Å². The maximum atomic E-state index is 11.7. The van der Waals surface area contributed by atoms with Crippen LogP contribution in [0.4, 0.5) is 13.2 Å². The quantitative estimate of drug-likeness (QED) is 0.417. The largest absolute Gasteiger partial charge is 0.491 e. The molecule has 0 N–H and O–H groups in total. The smallest absolute Gasteiger partial charge is 0.420 e. The van der Waals surface area contributed by atoms with Crippen molar-refractivity contribution in [2.75, 3.05) is 0 Å². The fourth-order valence-electron chi connectivity index (χ4n) is 0.653. The molecule has 0 amide bonds.